The lowest BCUT2D eigenvalue weighted by atomic mass is 10.2. The summed E-state index contributed by atoms with van der Waals surface area (Å²) in [6.45, 7) is 3.53. The normalized spacial score (nSPS) is 16.1. The highest BCUT2D eigenvalue weighted by Crippen LogP contribution is 2.26. The lowest BCUT2D eigenvalue weighted by molar-refractivity contribution is 0.251. The van der Waals surface area contributed by atoms with E-state index in [0.717, 1.165) is 24.0 Å². The number of aryl methyl sites for hydroxylation is 2. The lowest BCUT2D eigenvalue weighted by Crippen LogP contribution is -2.43. The van der Waals surface area contributed by atoms with Gasteiger partial charge in [0, 0.05) is 27.2 Å². The Morgan fingerprint density at radius 2 is 1.95 bits per heavy atom. The van der Waals surface area contributed by atoms with Crippen molar-refractivity contribution in [2.45, 2.75) is 32.4 Å². The second-order valence-electron chi connectivity index (χ2n) is 5.73. The van der Waals surface area contributed by atoms with Crippen LogP contribution in [0.4, 0.5) is 5.95 Å². The maximum absolute atomic E-state index is 12.5. The van der Waals surface area contributed by atoms with Crippen LogP contribution in [0.25, 0.3) is 11.2 Å². The predicted molar refractivity (Wildman–Crippen MR) is 83.3 cm³/mol. The molecule has 0 unspecified atom stereocenters. The highest BCUT2D eigenvalue weighted by Gasteiger charge is 2.28. The molecule has 2 aromatic heterocycles. The van der Waals surface area contributed by atoms with E-state index in [1.807, 2.05) is 16.4 Å². The number of imidazole rings is 1. The Bertz CT molecular complexity index is 828. The SMILES string of the molecule is CC[C@@H](CO)N1CCCn2c1nc1c2c(=O)n(C)c(=O)n1C. The Kier molecular flexibility index (Phi) is 3.56. The van der Waals surface area contributed by atoms with Crippen LogP contribution >= 0.6 is 0 Å². The summed E-state index contributed by atoms with van der Waals surface area (Å²) >= 11 is 0. The van der Waals surface area contributed by atoms with Gasteiger partial charge in [0.15, 0.2) is 11.2 Å². The van der Waals surface area contributed by atoms with Crippen molar-refractivity contribution in [3.63, 3.8) is 0 Å². The minimum absolute atomic E-state index is 0.0308. The van der Waals surface area contributed by atoms with Gasteiger partial charge in [0.1, 0.15) is 0 Å². The van der Waals surface area contributed by atoms with E-state index in [4.69, 9.17) is 0 Å². The van der Waals surface area contributed by atoms with Crippen molar-refractivity contribution in [2.24, 2.45) is 14.1 Å². The molecule has 8 heteroatoms. The van der Waals surface area contributed by atoms with Crippen LogP contribution in [0, 0.1) is 0 Å². The van der Waals surface area contributed by atoms with Crippen LogP contribution in [0.1, 0.15) is 19.8 Å². The molecule has 2 aromatic rings. The molecule has 8 nitrogen and oxygen atoms in total. The van der Waals surface area contributed by atoms with Gasteiger partial charge in [0.2, 0.25) is 5.95 Å². The Morgan fingerprint density at radius 1 is 1.23 bits per heavy atom. The van der Waals surface area contributed by atoms with Crippen molar-refractivity contribution < 1.29 is 5.11 Å². The second-order valence-corrected chi connectivity index (χ2v) is 5.73. The highest BCUT2D eigenvalue weighted by atomic mass is 16.3. The summed E-state index contributed by atoms with van der Waals surface area (Å²) in [5.74, 6) is 0.667. The van der Waals surface area contributed by atoms with Crippen LogP contribution in [0.2, 0.25) is 0 Å². The molecular weight excluding hydrogens is 286 g/mol. The van der Waals surface area contributed by atoms with Crippen LogP contribution in [0.3, 0.4) is 0 Å². The van der Waals surface area contributed by atoms with E-state index in [9.17, 15) is 14.7 Å². The zero-order valence-electron chi connectivity index (χ0n) is 13.1. The number of aliphatic hydroxyl groups excluding tert-OH is 1. The zero-order valence-corrected chi connectivity index (χ0v) is 13.1. The quantitative estimate of drug-likeness (QED) is 0.819. The van der Waals surface area contributed by atoms with E-state index < -0.39 is 0 Å². The number of aliphatic hydroxyl groups is 1. The van der Waals surface area contributed by atoms with E-state index >= 15 is 0 Å². The first-order chi connectivity index (χ1) is 10.5. The van der Waals surface area contributed by atoms with E-state index in [0.29, 0.717) is 23.7 Å². The van der Waals surface area contributed by atoms with Crippen LogP contribution in [0.5, 0.6) is 0 Å². The first-order valence-electron chi connectivity index (χ1n) is 7.55. The van der Waals surface area contributed by atoms with Crippen molar-refractivity contribution in [3.8, 4) is 0 Å². The zero-order chi connectivity index (χ0) is 16.0. The fraction of sp³-hybridized carbons (Fsp3) is 0.643. The molecule has 0 saturated heterocycles. The van der Waals surface area contributed by atoms with E-state index in [-0.39, 0.29) is 23.9 Å². The predicted octanol–water partition coefficient (Wildman–Crippen LogP) is -0.585. The molecule has 120 valence electrons. The average molecular weight is 307 g/mol. The average Bonchev–Trinajstić information content (AvgIpc) is 2.92. The molecule has 22 heavy (non-hydrogen) atoms. The van der Waals surface area contributed by atoms with Crippen molar-refractivity contribution in [2.75, 3.05) is 18.1 Å². The number of rotatable bonds is 3. The number of hydrogen-bond donors (Lipinski definition) is 1. The standard InChI is InChI=1S/C14H21N5O3/c1-4-9(8-20)18-6-5-7-19-10-11(15-13(18)19)16(2)14(22)17(3)12(10)21/h9,20H,4-8H2,1-3H3/t9-/m0/s1. The molecular formula is C14H21N5O3. The maximum atomic E-state index is 12.5. The van der Waals surface area contributed by atoms with Gasteiger partial charge < -0.3 is 14.6 Å². The molecule has 0 aliphatic carbocycles. The molecule has 0 radical (unpaired) electrons. The summed E-state index contributed by atoms with van der Waals surface area (Å²) in [7, 11) is 3.10. The summed E-state index contributed by atoms with van der Waals surface area (Å²) < 4.78 is 4.39. The van der Waals surface area contributed by atoms with Crippen LogP contribution in [0.15, 0.2) is 9.59 Å². The summed E-state index contributed by atoms with van der Waals surface area (Å²) in [6, 6.07) is -0.0308. The summed E-state index contributed by atoms with van der Waals surface area (Å²) in [5.41, 5.74) is 0.157. The van der Waals surface area contributed by atoms with E-state index in [2.05, 4.69) is 4.98 Å². The molecule has 0 bridgehead atoms. The molecule has 0 saturated carbocycles. The van der Waals surface area contributed by atoms with Crippen molar-refractivity contribution in [1.29, 1.82) is 0 Å². The van der Waals surface area contributed by atoms with Gasteiger partial charge in [-0.1, -0.05) is 6.92 Å². The fourth-order valence-electron chi connectivity index (χ4n) is 3.16. The van der Waals surface area contributed by atoms with Crippen LogP contribution in [-0.2, 0) is 20.6 Å². The molecule has 3 rings (SSSR count). The topological polar surface area (TPSA) is 85.3 Å². The Balaban J connectivity index is 2.33. The second kappa shape index (κ2) is 5.28. The molecule has 0 aromatic carbocycles. The number of anilines is 1. The molecule has 0 amide bonds. The van der Waals surface area contributed by atoms with Crippen molar-refractivity contribution >= 4 is 17.1 Å². The van der Waals surface area contributed by atoms with E-state index in [1.165, 1.54) is 11.6 Å². The molecule has 1 aliphatic heterocycles. The van der Waals surface area contributed by atoms with Gasteiger partial charge in [-0.05, 0) is 12.8 Å². The monoisotopic (exact) mass is 307 g/mol. The Morgan fingerprint density at radius 3 is 2.59 bits per heavy atom. The Labute approximate surface area is 127 Å². The molecule has 0 spiro atoms. The van der Waals surface area contributed by atoms with Gasteiger partial charge in [0.25, 0.3) is 5.56 Å². The smallest absolute Gasteiger partial charge is 0.332 e. The number of aromatic nitrogens is 4. The molecule has 1 aliphatic rings. The number of nitrogens with zero attached hydrogens (tertiary/aromatic N) is 5. The van der Waals surface area contributed by atoms with Gasteiger partial charge in [-0.15, -0.1) is 0 Å². The van der Waals surface area contributed by atoms with Crippen LogP contribution in [-0.4, -0.2) is 43.0 Å². The number of hydrogen-bond acceptors (Lipinski definition) is 5. The van der Waals surface area contributed by atoms with E-state index in [1.54, 1.807) is 7.05 Å². The first kappa shape index (κ1) is 14.8. The first-order valence-corrected chi connectivity index (χ1v) is 7.55. The molecule has 3 heterocycles. The van der Waals surface area contributed by atoms with Gasteiger partial charge in [-0.3, -0.25) is 13.9 Å². The van der Waals surface area contributed by atoms with Gasteiger partial charge >= 0.3 is 5.69 Å². The minimum atomic E-state index is -0.381. The Hall–Kier alpha value is -2.09. The molecule has 0 fully saturated rings. The summed E-state index contributed by atoms with van der Waals surface area (Å²) in [6.07, 6.45) is 1.66. The van der Waals surface area contributed by atoms with Gasteiger partial charge in [-0.2, -0.15) is 4.98 Å². The molecule has 1 atom stereocenters. The van der Waals surface area contributed by atoms with Crippen LogP contribution < -0.4 is 16.1 Å². The third kappa shape index (κ3) is 1.90. The molecule has 1 N–H and O–H groups in total. The third-order valence-corrected chi connectivity index (χ3v) is 4.49. The van der Waals surface area contributed by atoms with Crippen molar-refractivity contribution in [3.05, 3.63) is 20.8 Å². The highest BCUT2D eigenvalue weighted by molar-refractivity contribution is 5.75. The number of fused-ring (bicyclic) bond motifs is 3. The van der Waals surface area contributed by atoms with Crippen molar-refractivity contribution in [1.82, 2.24) is 18.7 Å². The van der Waals surface area contributed by atoms with Gasteiger partial charge in [-0.25, -0.2) is 4.79 Å². The van der Waals surface area contributed by atoms with Gasteiger partial charge in [0.05, 0.1) is 12.6 Å². The summed E-state index contributed by atoms with van der Waals surface area (Å²) in [5, 5.41) is 9.58. The third-order valence-electron chi connectivity index (χ3n) is 4.49. The largest absolute Gasteiger partial charge is 0.394 e. The summed E-state index contributed by atoms with van der Waals surface area (Å²) in [4.78, 5) is 31.1. The fourth-order valence-corrected chi connectivity index (χ4v) is 3.16. The maximum Gasteiger partial charge on any atom is 0.332 e. The lowest BCUT2D eigenvalue weighted by Gasteiger charge is -2.34. The minimum Gasteiger partial charge on any atom is -0.394 e.